The van der Waals surface area contributed by atoms with Crippen molar-refractivity contribution in [2.75, 3.05) is 12.4 Å². The van der Waals surface area contributed by atoms with Crippen molar-refractivity contribution in [2.45, 2.75) is 71.2 Å². The monoisotopic (exact) mass is 696 g/mol. The number of hydrogen-bond donors (Lipinski definition) is 5. The Morgan fingerprint density at radius 2 is 1.86 bits per heavy atom. The van der Waals surface area contributed by atoms with E-state index in [2.05, 4.69) is 10.3 Å². The standard InChI is InChI=1S/C35H37ClN2O11/c1-16(2)7-9-18-15-19(10-13-22(18)39)31(42)38-25-26(40)20-11-14-23(24(36)28(20)47-33(25)44)46-34-27(41)29(30(45-6)35(4,5)49-34)48-32(43)21-12-8-17(3)37-21/h7-8,10-15,27,29-30,34,37,39-41H,9H2,1-6H3,(H,38,42)/t27-,29+,30-,34+/m0/s1. The summed E-state index contributed by atoms with van der Waals surface area (Å²) in [6.07, 6.45) is -2.87. The van der Waals surface area contributed by atoms with Gasteiger partial charge in [-0.2, -0.15) is 0 Å². The van der Waals surface area contributed by atoms with E-state index in [1.54, 1.807) is 32.9 Å². The molecule has 3 heterocycles. The zero-order chi connectivity index (χ0) is 35.8. The van der Waals surface area contributed by atoms with E-state index in [4.69, 9.17) is 35.0 Å². The summed E-state index contributed by atoms with van der Waals surface area (Å²) in [5.74, 6) is -2.16. The fourth-order valence-corrected chi connectivity index (χ4v) is 5.78. The van der Waals surface area contributed by atoms with Crippen LogP contribution in [0.15, 0.2) is 63.3 Å². The van der Waals surface area contributed by atoms with E-state index >= 15 is 0 Å². The van der Waals surface area contributed by atoms with E-state index in [0.29, 0.717) is 12.0 Å². The number of hydrogen-bond acceptors (Lipinski definition) is 11. The zero-order valence-corrected chi connectivity index (χ0v) is 28.4. The molecule has 1 aliphatic rings. The van der Waals surface area contributed by atoms with Gasteiger partial charge in [-0.1, -0.05) is 23.3 Å². The SMILES string of the molecule is CO[C@H]1[C@H](OC(=O)c2ccc(C)[nH]2)[C@H](O)[C@H](Oc2ccc3c(O)c(NC(=O)c4ccc(O)c(CC=C(C)C)c4)c(=O)oc3c2Cl)OC1(C)C. The number of ether oxygens (including phenoxy) is 4. The molecule has 2 aromatic heterocycles. The summed E-state index contributed by atoms with van der Waals surface area (Å²) in [7, 11) is 1.39. The number of allylic oxidation sites excluding steroid dienone is 2. The number of benzene rings is 2. The van der Waals surface area contributed by atoms with Gasteiger partial charge in [0.1, 0.15) is 28.3 Å². The summed E-state index contributed by atoms with van der Waals surface area (Å²) in [5, 5.41) is 34.6. The molecule has 0 saturated carbocycles. The predicted molar refractivity (Wildman–Crippen MR) is 179 cm³/mol. The zero-order valence-electron chi connectivity index (χ0n) is 27.6. The molecule has 260 valence electrons. The average Bonchev–Trinajstić information content (AvgIpc) is 3.48. The molecule has 2 aromatic carbocycles. The van der Waals surface area contributed by atoms with Gasteiger partial charge in [0, 0.05) is 18.4 Å². The number of halogens is 1. The Bertz CT molecular complexity index is 1990. The lowest BCUT2D eigenvalue weighted by Gasteiger charge is -2.47. The van der Waals surface area contributed by atoms with Crippen molar-refractivity contribution in [3.05, 3.63) is 92.1 Å². The number of rotatable bonds is 9. The van der Waals surface area contributed by atoms with E-state index in [-0.39, 0.29) is 38.7 Å². The molecule has 4 atom stereocenters. The number of carbonyl (C=O) groups is 2. The van der Waals surface area contributed by atoms with Crippen LogP contribution in [0.5, 0.6) is 17.2 Å². The number of aryl methyl sites for hydroxylation is 1. The summed E-state index contributed by atoms with van der Waals surface area (Å²) in [6, 6.07) is 10.2. The molecule has 0 spiro atoms. The number of aliphatic hydroxyl groups excluding tert-OH is 1. The fraction of sp³-hybridized carbons (Fsp3) is 0.343. The number of nitrogens with one attached hydrogen (secondary N) is 2. The Morgan fingerprint density at radius 1 is 1.12 bits per heavy atom. The van der Waals surface area contributed by atoms with Crippen molar-refractivity contribution < 1.29 is 48.3 Å². The van der Waals surface area contributed by atoms with Crippen LogP contribution in [0.25, 0.3) is 11.0 Å². The molecule has 0 aliphatic carbocycles. The van der Waals surface area contributed by atoms with Gasteiger partial charge in [-0.3, -0.25) is 4.79 Å². The Hall–Kier alpha value is -4.82. The Morgan fingerprint density at radius 3 is 2.51 bits per heavy atom. The lowest BCUT2D eigenvalue weighted by atomic mass is 9.89. The fourth-order valence-electron chi connectivity index (χ4n) is 5.53. The number of anilines is 1. The molecule has 4 aromatic rings. The second-order valence-corrected chi connectivity index (χ2v) is 12.8. The van der Waals surface area contributed by atoms with Crippen molar-refractivity contribution in [3.8, 4) is 17.2 Å². The number of carbonyl (C=O) groups excluding carboxylic acids is 2. The molecule has 0 bridgehead atoms. The minimum absolute atomic E-state index is 0.00573. The Balaban J connectivity index is 1.40. The number of methoxy groups -OCH3 is 1. The van der Waals surface area contributed by atoms with Crippen LogP contribution in [-0.4, -0.2) is 69.5 Å². The van der Waals surface area contributed by atoms with E-state index in [0.717, 1.165) is 11.3 Å². The van der Waals surface area contributed by atoms with Crippen LogP contribution in [0.2, 0.25) is 5.02 Å². The van der Waals surface area contributed by atoms with Gasteiger partial charge in [-0.15, -0.1) is 0 Å². The highest BCUT2D eigenvalue weighted by Crippen LogP contribution is 2.41. The molecular formula is C35H37ClN2O11. The maximum atomic E-state index is 13.1. The maximum Gasteiger partial charge on any atom is 0.364 e. The van der Waals surface area contributed by atoms with Crippen LogP contribution in [0.4, 0.5) is 5.69 Å². The second kappa shape index (κ2) is 14.0. The van der Waals surface area contributed by atoms with Crippen molar-refractivity contribution in [1.29, 1.82) is 0 Å². The first-order valence-electron chi connectivity index (χ1n) is 15.3. The number of aromatic nitrogens is 1. The number of amides is 1. The number of phenols is 1. The molecule has 14 heteroatoms. The number of aromatic hydroxyl groups is 2. The highest BCUT2D eigenvalue weighted by atomic mass is 35.5. The number of aromatic amines is 1. The van der Waals surface area contributed by atoms with Crippen LogP contribution in [0.3, 0.4) is 0 Å². The molecule has 1 saturated heterocycles. The van der Waals surface area contributed by atoms with Gasteiger partial charge in [0.15, 0.2) is 29.2 Å². The summed E-state index contributed by atoms with van der Waals surface area (Å²) < 4.78 is 28.6. The maximum absolute atomic E-state index is 13.1. The first-order valence-corrected chi connectivity index (χ1v) is 15.7. The number of H-pyrrole nitrogens is 1. The van der Waals surface area contributed by atoms with E-state index in [1.165, 1.54) is 37.4 Å². The summed E-state index contributed by atoms with van der Waals surface area (Å²) in [5.41, 5.74) is -0.464. The van der Waals surface area contributed by atoms with E-state index < -0.39 is 59.1 Å². The third-order valence-corrected chi connectivity index (χ3v) is 8.43. The molecule has 13 nitrogen and oxygen atoms in total. The van der Waals surface area contributed by atoms with E-state index in [9.17, 15) is 29.7 Å². The average molecular weight is 697 g/mol. The minimum Gasteiger partial charge on any atom is -0.508 e. The number of phenolic OH excluding ortho intramolecular Hbond substituents is 1. The van der Waals surface area contributed by atoms with Crippen LogP contribution < -0.4 is 15.7 Å². The van der Waals surface area contributed by atoms with Gasteiger partial charge >= 0.3 is 11.6 Å². The summed E-state index contributed by atoms with van der Waals surface area (Å²) in [4.78, 5) is 41.9. The molecule has 49 heavy (non-hydrogen) atoms. The van der Waals surface area contributed by atoms with Crippen molar-refractivity contribution in [2.24, 2.45) is 0 Å². The number of esters is 1. The van der Waals surface area contributed by atoms with Gasteiger partial charge in [0.05, 0.1) is 11.0 Å². The van der Waals surface area contributed by atoms with Gasteiger partial charge in [-0.25, -0.2) is 9.59 Å². The van der Waals surface area contributed by atoms with Gasteiger partial charge in [0.25, 0.3) is 5.91 Å². The molecule has 1 fully saturated rings. The Kier molecular flexibility index (Phi) is 10.1. The lowest BCUT2D eigenvalue weighted by Crippen LogP contribution is -2.65. The molecule has 0 unspecified atom stereocenters. The van der Waals surface area contributed by atoms with Gasteiger partial charge in [0.2, 0.25) is 6.29 Å². The van der Waals surface area contributed by atoms with Crippen LogP contribution in [0.1, 0.15) is 59.8 Å². The molecule has 5 rings (SSSR count). The summed E-state index contributed by atoms with van der Waals surface area (Å²) in [6.45, 7) is 8.92. The molecule has 1 aliphatic heterocycles. The first kappa shape index (κ1) is 35.5. The molecule has 1 amide bonds. The highest BCUT2D eigenvalue weighted by molar-refractivity contribution is 6.36. The molecule has 5 N–H and O–H groups in total. The van der Waals surface area contributed by atoms with Crippen LogP contribution >= 0.6 is 11.6 Å². The normalized spacial score (nSPS) is 20.1. The minimum atomic E-state index is -1.56. The van der Waals surface area contributed by atoms with Crippen molar-refractivity contribution in [3.63, 3.8) is 0 Å². The Labute approximate surface area is 286 Å². The topological polar surface area (TPSA) is 190 Å². The third-order valence-electron chi connectivity index (χ3n) is 8.07. The van der Waals surface area contributed by atoms with Crippen LogP contribution in [0, 0.1) is 6.92 Å². The highest BCUT2D eigenvalue weighted by Gasteiger charge is 2.53. The van der Waals surface area contributed by atoms with Crippen molar-refractivity contribution >= 4 is 40.1 Å². The smallest absolute Gasteiger partial charge is 0.364 e. The quantitative estimate of drug-likeness (QED) is 0.0859. The van der Waals surface area contributed by atoms with Gasteiger partial charge in [-0.05, 0) is 89.1 Å². The molecular weight excluding hydrogens is 660 g/mol. The van der Waals surface area contributed by atoms with Crippen molar-refractivity contribution in [1.82, 2.24) is 4.98 Å². The third kappa shape index (κ3) is 7.30. The molecule has 0 radical (unpaired) electrons. The largest absolute Gasteiger partial charge is 0.508 e. The summed E-state index contributed by atoms with van der Waals surface area (Å²) >= 11 is 6.58. The second-order valence-electron chi connectivity index (χ2n) is 12.4. The van der Waals surface area contributed by atoms with Gasteiger partial charge < -0.3 is 49.0 Å². The first-order chi connectivity index (χ1) is 23.1. The van der Waals surface area contributed by atoms with E-state index in [1.807, 2.05) is 19.9 Å². The predicted octanol–water partition coefficient (Wildman–Crippen LogP) is 5.37. The lowest BCUT2D eigenvalue weighted by molar-refractivity contribution is -0.305. The number of fused-ring (bicyclic) bond motifs is 1. The van der Waals surface area contributed by atoms with Crippen LogP contribution in [-0.2, 0) is 20.6 Å². The number of aliphatic hydroxyl groups is 1.